The molecule has 1 rings (SSSR count). The largest absolute Gasteiger partial charge is 0.486 e. The molecule has 5 heteroatoms. The summed E-state index contributed by atoms with van der Waals surface area (Å²) in [6.07, 6.45) is 4.41. The number of aromatic amines is 1. The lowest BCUT2D eigenvalue weighted by Crippen LogP contribution is -2.09. The summed E-state index contributed by atoms with van der Waals surface area (Å²) in [5, 5.41) is 15.3. The fourth-order valence-corrected chi connectivity index (χ4v) is 1.19. The Balaban J connectivity index is 3.08. The summed E-state index contributed by atoms with van der Waals surface area (Å²) in [7, 11) is 0. The van der Waals surface area contributed by atoms with Crippen molar-refractivity contribution in [3.8, 4) is 5.75 Å². The predicted octanol–water partition coefficient (Wildman–Crippen LogP) is 2.32. The fourth-order valence-electron chi connectivity index (χ4n) is 1.19. The van der Waals surface area contributed by atoms with Crippen molar-refractivity contribution < 1.29 is 14.6 Å². The summed E-state index contributed by atoms with van der Waals surface area (Å²) in [6, 6.07) is 0. The zero-order chi connectivity index (χ0) is 12.1. The number of ether oxygens (including phenoxy) is 1. The van der Waals surface area contributed by atoms with Crippen LogP contribution < -0.4 is 4.74 Å². The maximum Gasteiger partial charge on any atom is 0.357 e. The minimum Gasteiger partial charge on any atom is -0.486 e. The first-order valence-corrected chi connectivity index (χ1v) is 5.21. The Kier molecular flexibility index (Phi) is 4.10. The van der Waals surface area contributed by atoms with E-state index in [1.54, 1.807) is 6.08 Å². The third-order valence-electron chi connectivity index (χ3n) is 1.83. The molecule has 0 radical (unpaired) electrons. The topological polar surface area (TPSA) is 75.2 Å². The van der Waals surface area contributed by atoms with E-state index in [0.717, 1.165) is 6.42 Å². The van der Waals surface area contributed by atoms with Crippen LogP contribution in [0.3, 0.4) is 0 Å². The van der Waals surface area contributed by atoms with Gasteiger partial charge in [0.2, 0.25) is 0 Å². The number of rotatable bonds is 5. The van der Waals surface area contributed by atoms with Gasteiger partial charge in [0.15, 0.2) is 11.4 Å². The molecule has 0 saturated heterocycles. The van der Waals surface area contributed by atoms with Crippen LogP contribution in [0.4, 0.5) is 0 Å². The van der Waals surface area contributed by atoms with Crippen LogP contribution in [0.15, 0.2) is 6.08 Å². The van der Waals surface area contributed by atoms with Gasteiger partial charge in [-0.25, -0.2) is 4.79 Å². The average molecular weight is 224 g/mol. The van der Waals surface area contributed by atoms with Crippen molar-refractivity contribution in [3.63, 3.8) is 0 Å². The zero-order valence-electron chi connectivity index (χ0n) is 9.65. The Morgan fingerprint density at radius 3 is 2.81 bits per heavy atom. The Morgan fingerprint density at radius 1 is 1.62 bits per heavy atom. The first-order valence-electron chi connectivity index (χ1n) is 5.21. The predicted molar refractivity (Wildman–Crippen MR) is 60.6 cm³/mol. The van der Waals surface area contributed by atoms with Crippen LogP contribution in [-0.4, -0.2) is 27.4 Å². The number of carbonyl (C=O) groups is 1. The van der Waals surface area contributed by atoms with Gasteiger partial charge in [0.05, 0.1) is 6.10 Å². The summed E-state index contributed by atoms with van der Waals surface area (Å²) in [5.74, 6) is -0.772. The van der Waals surface area contributed by atoms with Gasteiger partial charge >= 0.3 is 5.97 Å². The molecule has 0 fully saturated rings. The average Bonchev–Trinajstić information content (AvgIpc) is 2.57. The number of hydrogen-bond donors (Lipinski definition) is 2. The monoisotopic (exact) mass is 224 g/mol. The van der Waals surface area contributed by atoms with Crippen LogP contribution in [0.5, 0.6) is 5.75 Å². The molecule has 1 aromatic rings. The summed E-state index contributed by atoms with van der Waals surface area (Å²) >= 11 is 0. The number of nitrogens with one attached hydrogen (secondary N) is 1. The third kappa shape index (κ3) is 2.85. The zero-order valence-corrected chi connectivity index (χ0v) is 9.65. The van der Waals surface area contributed by atoms with Gasteiger partial charge in [-0.2, -0.15) is 5.10 Å². The molecule has 0 aliphatic carbocycles. The third-order valence-corrected chi connectivity index (χ3v) is 1.83. The number of aromatic carboxylic acids is 1. The van der Waals surface area contributed by atoms with Crippen molar-refractivity contribution in [3.05, 3.63) is 17.5 Å². The highest BCUT2D eigenvalue weighted by Crippen LogP contribution is 2.24. The highest BCUT2D eigenvalue weighted by molar-refractivity contribution is 5.90. The van der Waals surface area contributed by atoms with Crippen molar-refractivity contribution in [1.82, 2.24) is 10.2 Å². The van der Waals surface area contributed by atoms with E-state index in [4.69, 9.17) is 9.84 Å². The Labute approximate surface area is 94.1 Å². The number of carboxylic acids is 1. The molecule has 88 valence electrons. The van der Waals surface area contributed by atoms with Crippen LogP contribution in [0.1, 0.15) is 43.4 Å². The van der Waals surface area contributed by atoms with E-state index in [1.807, 2.05) is 26.8 Å². The normalized spacial score (nSPS) is 11.2. The van der Waals surface area contributed by atoms with E-state index in [-0.39, 0.29) is 11.8 Å². The Bertz CT molecular complexity index is 394. The quantitative estimate of drug-likeness (QED) is 0.804. The lowest BCUT2D eigenvalue weighted by Gasteiger charge is -2.08. The molecule has 0 unspecified atom stereocenters. The van der Waals surface area contributed by atoms with E-state index in [1.165, 1.54) is 0 Å². The molecule has 0 bridgehead atoms. The number of allylic oxidation sites excluding steroid dienone is 1. The van der Waals surface area contributed by atoms with E-state index < -0.39 is 5.97 Å². The molecular formula is C11H16N2O3. The number of H-pyrrole nitrogens is 1. The molecule has 0 atom stereocenters. The number of carboxylic acid groups (broad SMARTS) is 1. The van der Waals surface area contributed by atoms with Gasteiger partial charge < -0.3 is 9.84 Å². The minimum absolute atomic E-state index is 0.00977. The van der Waals surface area contributed by atoms with Crippen LogP contribution in [0.25, 0.3) is 6.08 Å². The van der Waals surface area contributed by atoms with Crippen molar-refractivity contribution in [2.45, 2.75) is 33.3 Å². The highest BCUT2D eigenvalue weighted by atomic mass is 16.5. The molecule has 0 aliphatic rings. The molecule has 0 amide bonds. The molecule has 2 N–H and O–H groups in total. The molecule has 0 spiro atoms. The first-order chi connectivity index (χ1) is 7.56. The Morgan fingerprint density at radius 2 is 2.31 bits per heavy atom. The van der Waals surface area contributed by atoms with Gasteiger partial charge in [0.1, 0.15) is 5.69 Å². The first kappa shape index (κ1) is 12.3. The SMILES string of the molecule is CCC=Cc1n[nH]c(C(=O)O)c1OC(C)C. The lowest BCUT2D eigenvalue weighted by molar-refractivity contribution is 0.0684. The minimum atomic E-state index is -1.07. The van der Waals surface area contributed by atoms with Gasteiger partial charge in [-0.15, -0.1) is 0 Å². The van der Waals surface area contributed by atoms with Crippen molar-refractivity contribution >= 4 is 12.0 Å². The van der Waals surface area contributed by atoms with Gasteiger partial charge in [-0.1, -0.05) is 13.0 Å². The number of aromatic nitrogens is 2. The standard InChI is InChI=1S/C11H16N2O3/c1-4-5-6-8-10(16-7(2)3)9(11(14)15)13-12-8/h5-7H,4H2,1-3H3,(H,12,13)(H,14,15). The van der Waals surface area contributed by atoms with Crippen LogP contribution in [0.2, 0.25) is 0 Å². The van der Waals surface area contributed by atoms with E-state index >= 15 is 0 Å². The van der Waals surface area contributed by atoms with Gasteiger partial charge in [0.25, 0.3) is 0 Å². The molecule has 5 nitrogen and oxygen atoms in total. The number of nitrogens with zero attached hydrogens (tertiary/aromatic N) is 1. The van der Waals surface area contributed by atoms with E-state index in [2.05, 4.69) is 10.2 Å². The maximum atomic E-state index is 10.9. The highest BCUT2D eigenvalue weighted by Gasteiger charge is 2.19. The Hall–Kier alpha value is -1.78. The van der Waals surface area contributed by atoms with Crippen LogP contribution >= 0.6 is 0 Å². The second-order valence-electron chi connectivity index (χ2n) is 3.60. The molecule has 1 heterocycles. The molecular weight excluding hydrogens is 208 g/mol. The van der Waals surface area contributed by atoms with Crippen molar-refractivity contribution in [1.29, 1.82) is 0 Å². The van der Waals surface area contributed by atoms with Gasteiger partial charge in [0, 0.05) is 0 Å². The lowest BCUT2D eigenvalue weighted by atomic mass is 10.2. The summed E-state index contributed by atoms with van der Waals surface area (Å²) in [4.78, 5) is 10.9. The van der Waals surface area contributed by atoms with Crippen molar-refractivity contribution in [2.24, 2.45) is 0 Å². The van der Waals surface area contributed by atoms with Crippen LogP contribution in [0, 0.1) is 0 Å². The van der Waals surface area contributed by atoms with Gasteiger partial charge in [-0.3, -0.25) is 5.10 Å². The van der Waals surface area contributed by atoms with Gasteiger partial charge in [-0.05, 0) is 26.3 Å². The molecule has 0 aliphatic heterocycles. The summed E-state index contributed by atoms with van der Waals surface area (Å²) in [5.41, 5.74) is 0.511. The summed E-state index contributed by atoms with van der Waals surface area (Å²) in [6.45, 7) is 5.67. The summed E-state index contributed by atoms with van der Waals surface area (Å²) < 4.78 is 5.45. The fraction of sp³-hybridized carbons (Fsp3) is 0.455. The molecule has 0 saturated carbocycles. The molecule has 16 heavy (non-hydrogen) atoms. The maximum absolute atomic E-state index is 10.9. The smallest absolute Gasteiger partial charge is 0.357 e. The molecule has 0 aromatic carbocycles. The van der Waals surface area contributed by atoms with Crippen LogP contribution in [-0.2, 0) is 0 Å². The second kappa shape index (κ2) is 5.34. The van der Waals surface area contributed by atoms with E-state index in [9.17, 15) is 4.79 Å². The molecule has 1 aromatic heterocycles. The number of hydrogen-bond acceptors (Lipinski definition) is 3. The second-order valence-corrected chi connectivity index (χ2v) is 3.60. The van der Waals surface area contributed by atoms with Crippen molar-refractivity contribution in [2.75, 3.05) is 0 Å². The van der Waals surface area contributed by atoms with E-state index in [0.29, 0.717) is 11.4 Å².